The van der Waals surface area contributed by atoms with E-state index in [0.717, 1.165) is 38.0 Å². The Hall–Kier alpha value is -1.07. The van der Waals surface area contributed by atoms with E-state index in [0.29, 0.717) is 11.3 Å². The Morgan fingerprint density at radius 1 is 1.21 bits per heavy atom. The standard InChI is InChI=1S/C14H22N2O2S/c1-2-15-12-7-9-13(10-8-12)19(17,18)14-6-4-3-5-11-16-14/h7-10,14-16H,2-6,11H2,1H3. The highest BCUT2D eigenvalue weighted by Crippen LogP contribution is 2.22. The number of anilines is 1. The molecule has 1 saturated heterocycles. The smallest absolute Gasteiger partial charge is 0.194 e. The van der Waals surface area contributed by atoms with Crippen LogP contribution >= 0.6 is 0 Å². The first kappa shape index (κ1) is 14.3. The van der Waals surface area contributed by atoms with Crippen molar-refractivity contribution in [2.45, 2.75) is 42.9 Å². The molecule has 0 spiro atoms. The molecule has 0 aromatic heterocycles. The van der Waals surface area contributed by atoms with Gasteiger partial charge in [-0.25, -0.2) is 8.42 Å². The summed E-state index contributed by atoms with van der Waals surface area (Å²) in [7, 11) is -3.26. The van der Waals surface area contributed by atoms with Gasteiger partial charge in [0.25, 0.3) is 0 Å². The Kier molecular flexibility index (Phi) is 4.82. The van der Waals surface area contributed by atoms with Gasteiger partial charge in [0.2, 0.25) is 0 Å². The maximum absolute atomic E-state index is 12.5. The third-order valence-corrected chi connectivity index (χ3v) is 5.53. The summed E-state index contributed by atoms with van der Waals surface area (Å²) in [4.78, 5) is 0.411. The van der Waals surface area contributed by atoms with Gasteiger partial charge in [-0.05, 0) is 50.6 Å². The van der Waals surface area contributed by atoms with Crippen molar-refractivity contribution in [1.82, 2.24) is 5.32 Å². The lowest BCUT2D eigenvalue weighted by molar-refractivity contribution is 0.546. The summed E-state index contributed by atoms with van der Waals surface area (Å²) in [6, 6.07) is 7.04. The highest BCUT2D eigenvalue weighted by molar-refractivity contribution is 7.92. The molecular formula is C14H22N2O2S. The fourth-order valence-corrected chi connectivity index (χ4v) is 4.05. The van der Waals surface area contributed by atoms with Crippen LogP contribution in [0.3, 0.4) is 0 Å². The maximum Gasteiger partial charge on any atom is 0.194 e. The van der Waals surface area contributed by atoms with Crippen LogP contribution in [0.4, 0.5) is 5.69 Å². The molecule has 1 atom stereocenters. The van der Waals surface area contributed by atoms with E-state index in [1.54, 1.807) is 12.1 Å². The third kappa shape index (κ3) is 3.48. The number of nitrogens with one attached hydrogen (secondary N) is 2. The van der Waals surface area contributed by atoms with Crippen molar-refractivity contribution < 1.29 is 8.42 Å². The van der Waals surface area contributed by atoms with Crippen LogP contribution in [-0.2, 0) is 9.84 Å². The SMILES string of the molecule is CCNc1ccc(S(=O)(=O)C2CCCCCN2)cc1. The molecule has 1 unspecified atom stereocenters. The van der Waals surface area contributed by atoms with Crippen molar-refractivity contribution in [3.63, 3.8) is 0 Å². The van der Waals surface area contributed by atoms with Gasteiger partial charge >= 0.3 is 0 Å². The zero-order chi connectivity index (χ0) is 13.7. The number of sulfone groups is 1. The fraction of sp³-hybridized carbons (Fsp3) is 0.571. The normalized spacial score (nSPS) is 20.8. The monoisotopic (exact) mass is 282 g/mol. The summed E-state index contributed by atoms with van der Waals surface area (Å²) in [5, 5.41) is 5.89. The first-order valence-corrected chi connectivity index (χ1v) is 8.50. The molecule has 0 radical (unpaired) electrons. The maximum atomic E-state index is 12.5. The zero-order valence-corrected chi connectivity index (χ0v) is 12.2. The Morgan fingerprint density at radius 3 is 2.63 bits per heavy atom. The van der Waals surface area contributed by atoms with Crippen molar-refractivity contribution in [1.29, 1.82) is 0 Å². The highest BCUT2D eigenvalue weighted by atomic mass is 32.2. The topological polar surface area (TPSA) is 58.2 Å². The Morgan fingerprint density at radius 2 is 1.95 bits per heavy atom. The Balaban J connectivity index is 2.18. The summed E-state index contributed by atoms with van der Waals surface area (Å²) in [6.45, 7) is 3.63. The first-order chi connectivity index (χ1) is 9.14. The lowest BCUT2D eigenvalue weighted by Gasteiger charge is -2.17. The van der Waals surface area contributed by atoms with E-state index >= 15 is 0 Å². The van der Waals surface area contributed by atoms with Crippen molar-refractivity contribution in [3.05, 3.63) is 24.3 Å². The molecule has 4 nitrogen and oxygen atoms in total. The van der Waals surface area contributed by atoms with Gasteiger partial charge in [0.1, 0.15) is 5.37 Å². The molecule has 19 heavy (non-hydrogen) atoms. The number of hydrogen-bond donors (Lipinski definition) is 2. The van der Waals surface area contributed by atoms with E-state index in [4.69, 9.17) is 0 Å². The van der Waals surface area contributed by atoms with Gasteiger partial charge in [0.05, 0.1) is 4.90 Å². The average molecular weight is 282 g/mol. The summed E-state index contributed by atoms with van der Waals surface area (Å²) in [5.41, 5.74) is 0.954. The summed E-state index contributed by atoms with van der Waals surface area (Å²) in [6.07, 6.45) is 3.85. The van der Waals surface area contributed by atoms with E-state index < -0.39 is 15.2 Å². The third-order valence-electron chi connectivity index (χ3n) is 3.45. The van der Waals surface area contributed by atoms with Crippen LogP contribution in [0, 0.1) is 0 Å². The largest absolute Gasteiger partial charge is 0.385 e. The van der Waals surface area contributed by atoms with Crippen molar-refractivity contribution >= 4 is 15.5 Å². The van der Waals surface area contributed by atoms with E-state index in [9.17, 15) is 8.42 Å². The second-order valence-corrected chi connectivity index (χ2v) is 7.02. The molecule has 1 fully saturated rings. The first-order valence-electron chi connectivity index (χ1n) is 6.96. The predicted molar refractivity (Wildman–Crippen MR) is 78.1 cm³/mol. The molecular weight excluding hydrogens is 260 g/mol. The van der Waals surface area contributed by atoms with Gasteiger partial charge < -0.3 is 10.6 Å². The lowest BCUT2D eigenvalue weighted by atomic mass is 10.2. The molecule has 1 aromatic carbocycles. The van der Waals surface area contributed by atoms with Crippen LogP contribution in [0.25, 0.3) is 0 Å². The molecule has 1 aliphatic rings. The van der Waals surface area contributed by atoms with Crippen LogP contribution in [0.5, 0.6) is 0 Å². The molecule has 0 amide bonds. The van der Waals surface area contributed by atoms with Gasteiger partial charge in [-0.3, -0.25) is 0 Å². The number of rotatable bonds is 4. The van der Waals surface area contributed by atoms with Crippen LogP contribution in [0.15, 0.2) is 29.2 Å². The molecule has 2 rings (SSSR count). The number of benzene rings is 1. The van der Waals surface area contributed by atoms with Gasteiger partial charge in [-0.15, -0.1) is 0 Å². The fourth-order valence-electron chi connectivity index (χ4n) is 2.39. The van der Waals surface area contributed by atoms with E-state index in [1.165, 1.54) is 0 Å². The second-order valence-electron chi connectivity index (χ2n) is 4.89. The quantitative estimate of drug-likeness (QED) is 0.890. The lowest BCUT2D eigenvalue weighted by Crippen LogP contribution is -2.36. The van der Waals surface area contributed by atoms with Gasteiger partial charge in [0.15, 0.2) is 9.84 Å². The minimum atomic E-state index is -3.26. The van der Waals surface area contributed by atoms with Crippen molar-refractivity contribution in [2.75, 3.05) is 18.4 Å². The average Bonchev–Trinajstić information content (AvgIpc) is 2.69. The summed E-state index contributed by atoms with van der Waals surface area (Å²) >= 11 is 0. The van der Waals surface area contributed by atoms with Crippen LogP contribution < -0.4 is 10.6 Å². The van der Waals surface area contributed by atoms with Crippen LogP contribution in [0.1, 0.15) is 32.6 Å². The molecule has 1 aromatic rings. The molecule has 2 N–H and O–H groups in total. The van der Waals surface area contributed by atoms with E-state index in [2.05, 4.69) is 10.6 Å². The zero-order valence-electron chi connectivity index (χ0n) is 11.4. The molecule has 1 aliphatic heterocycles. The Labute approximate surface area is 115 Å². The number of hydrogen-bond acceptors (Lipinski definition) is 4. The summed E-state index contributed by atoms with van der Waals surface area (Å²) in [5.74, 6) is 0. The minimum Gasteiger partial charge on any atom is -0.385 e. The van der Waals surface area contributed by atoms with Crippen molar-refractivity contribution in [2.24, 2.45) is 0 Å². The van der Waals surface area contributed by atoms with Gasteiger partial charge in [0, 0.05) is 12.2 Å². The highest BCUT2D eigenvalue weighted by Gasteiger charge is 2.27. The Bertz CT molecular complexity index is 489. The molecule has 0 bridgehead atoms. The van der Waals surface area contributed by atoms with Crippen LogP contribution in [0.2, 0.25) is 0 Å². The molecule has 5 heteroatoms. The molecule has 106 valence electrons. The molecule has 1 heterocycles. The minimum absolute atomic E-state index is 0.411. The summed E-state index contributed by atoms with van der Waals surface area (Å²) < 4.78 is 25.1. The molecule has 0 aliphatic carbocycles. The molecule has 0 saturated carbocycles. The predicted octanol–water partition coefficient (Wildman–Crippen LogP) is 2.38. The second kappa shape index (κ2) is 6.39. The van der Waals surface area contributed by atoms with Crippen LogP contribution in [-0.4, -0.2) is 26.9 Å². The van der Waals surface area contributed by atoms with Gasteiger partial charge in [-0.1, -0.05) is 12.8 Å². The van der Waals surface area contributed by atoms with Gasteiger partial charge in [-0.2, -0.15) is 0 Å². The van der Waals surface area contributed by atoms with E-state index in [1.807, 2.05) is 19.1 Å². The van der Waals surface area contributed by atoms with Crippen molar-refractivity contribution in [3.8, 4) is 0 Å². The van der Waals surface area contributed by atoms with E-state index in [-0.39, 0.29) is 0 Å².